The number of nitrogens with zero attached hydrogens (tertiary/aromatic N) is 3. The van der Waals surface area contributed by atoms with Crippen LogP contribution in [0.15, 0.2) is 48.1 Å². The normalized spacial score (nSPS) is 13.6. The number of benzene rings is 1. The van der Waals surface area contributed by atoms with Crippen molar-refractivity contribution in [2.24, 2.45) is 0 Å². The Morgan fingerprint density at radius 2 is 2.10 bits per heavy atom. The average Bonchev–Trinajstić information content (AvgIpc) is 3.33. The Morgan fingerprint density at radius 1 is 1.28 bits per heavy atom. The van der Waals surface area contributed by atoms with E-state index in [2.05, 4.69) is 15.3 Å². The van der Waals surface area contributed by atoms with E-state index in [0.29, 0.717) is 46.0 Å². The van der Waals surface area contributed by atoms with Crippen LogP contribution in [-0.2, 0) is 16.0 Å². The molecule has 0 atom stereocenters. The zero-order valence-corrected chi connectivity index (χ0v) is 16.9. The quantitative estimate of drug-likeness (QED) is 0.633. The molecule has 9 heteroatoms. The van der Waals surface area contributed by atoms with Crippen LogP contribution in [0.3, 0.4) is 0 Å². The van der Waals surface area contributed by atoms with Crippen LogP contribution in [0, 0.1) is 0 Å². The molecular weight excluding hydrogens is 412 g/mol. The molecule has 3 heterocycles. The van der Waals surface area contributed by atoms with Gasteiger partial charge in [0.2, 0.25) is 11.8 Å². The largest absolute Gasteiger partial charge is 0.456 e. The van der Waals surface area contributed by atoms with Gasteiger partial charge in [0.25, 0.3) is 0 Å². The first-order valence-corrected chi connectivity index (χ1v) is 10.3. The molecule has 0 saturated carbocycles. The number of halogens is 1. The molecule has 2 amide bonds. The molecule has 29 heavy (non-hydrogen) atoms. The van der Waals surface area contributed by atoms with Crippen LogP contribution in [0.25, 0.3) is 0 Å². The number of carbonyl (C=O) groups excluding carboxylic acids is 2. The molecule has 1 aliphatic rings. The summed E-state index contributed by atoms with van der Waals surface area (Å²) in [6.07, 6.45) is 4.76. The average molecular weight is 429 g/mol. The predicted molar refractivity (Wildman–Crippen MR) is 112 cm³/mol. The first kappa shape index (κ1) is 19.4. The topological polar surface area (TPSA) is 84.4 Å². The van der Waals surface area contributed by atoms with E-state index in [4.69, 9.17) is 16.3 Å². The van der Waals surface area contributed by atoms with Gasteiger partial charge in [-0.05, 0) is 36.8 Å². The molecule has 0 radical (unpaired) electrons. The van der Waals surface area contributed by atoms with Gasteiger partial charge < -0.3 is 10.1 Å². The van der Waals surface area contributed by atoms with Gasteiger partial charge >= 0.3 is 0 Å². The molecule has 1 saturated heterocycles. The van der Waals surface area contributed by atoms with E-state index in [1.165, 1.54) is 11.3 Å². The first-order valence-electron chi connectivity index (χ1n) is 9.00. The van der Waals surface area contributed by atoms with E-state index >= 15 is 0 Å². The summed E-state index contributed by atoms with van der Waals surface area (Å²) < 4.78 is 5.70. The molecular formula is C20H17ClN4O3S. The number of thiazole rings is 1. The van der Waals surface area contributed by atoms with Crippen molar-refractivity contribution in [2.75, 3.05) is 16.8 Å². The Labute approximate surface area is 176 Å². The van der Waals surface area contributed by atoms with E-state index in [1.54, 1.807) is 53.0 Å². The second kappa shape index (κ2) is 8.59. The van der Waals surface area contributed by atoms with E-state index in [0.717, 1.165) is 6.42 Å². The van der Waals surface area contributed by atoms with Crippen LogP contribution in [0.4, 0.5) is 10.8 Å². The van der Waals surface area contributed by atoms with Crippen molar-refractivity contribution in [3.63, 3.8) is 0 Å². The fourth-order valence-electron chi connectivity index (χ4n) is 2.92. The number of ether oxygens (including phenoxy) is 1. The fourth-order valence-corrected chi connectivity index (χ4v) is 4.00. The molecule has 148 valence electrons. The van der Waals surface area contributed by atoms with Crippen LogP contribution in [0.2, 0.25) is 5.02 Å². The molecule has 4 rings (SSSR count). The summed E-state index contributed by atoms with van der Waals surface area (Å²) in [5.41, 5.74) is 1.19. The van der Waals surface area contributed by atoms with Gasteiger partial charge in [0.15, 0.2) is 5.13 Å². The van der Waals surface area contributed by atoms with Crippen LogP contribution < -0.4 is 15.0 Å². The molecule has 7 nitrogen and oxygen atoms in total. The third kappa shape index (κ3) is 4.72. The monoisotopic (exact) mass is 428 g/mol. The van der Waals surface area contributed by atoms with Gasteiger partial charge in [-0.1, -0.05) is 11.6 Å². The lowest BCUT2D eigenvalue weighted by Crippen LogP contribution is -2.23. The van der Waals surface area contributed by atoms with Crippen LogP contribution in [0.1, 0.15) is 18.5 Å². The Balaban J connectivity index is 1.37. The molecule has 1 N–H and O–H groups in total. The predicted octanol–water partition coefficient (Wildman–Crippen LogP) is 4.29. The Kier molecular flexibility index (Phi) is 5.73. The van der Waals surface area contributed by atoms with Crippen LogP contribution in [-0.4, -0.2) is 28.3 Å². The van der Waals surface area contributed by atoms with E-state index in [9.17, 15) is 9.59 Å². The lowest BCUT2D eigenvalue weighted by atomic mass is 10.2. The van der Waals surface area contributed by atoms with Gasteiger partial charge in [0.05, 0.1) is 17.1 Å². The molecule has 1 aliphatic heterocycles. The summed E-state index contributed by atoms with van der Waals surface area (Å²) in [6, 6.07) is 8.49. The fraction of sp³-hybridized carbons (Fsp3) is 0.200. The lowest BCUT2D eigenvalue weighted by molar-refractivity contribution is -0.117. The number of carbonyl (C=O) groups is 2. The zero-order chi connectivity index (χ0) is 20.2. The van der Waals surface area contributed by atoms with Gasteiger partial charge in [0.1, 0.15) is 11.5 Å². The maximum atomic E-state index is 12.4. The first-order chi connectivity index (χ1) is 14.1. The van der Waals surface area contributed by atoms with Crippen molar-refractivity contribution in [1.29, 1.82) is 0 Å². The minimum atomic E-state index is -0.214. The number of aromatic nitrogens is 2. The lowest BCUT2D eigenvalue weighted by Gasteiger charge is -2.10. The summed E-state index contributed by atoms with van der Waals surface area (Å²) in [4.78, 5) is 34.2. The van der Waals surface area contributed by atoms with Crippen molar-refractivity contribution >= 4 is 45.6 Å². The van der Waals surface area contributed by atoms with Gasteiger partial charge in [-0.15, -0.1) is 11.3 Å². The maximum absolute atomic E-state index is 12.4. The standard InChI is InChI=1S/C20H17ClN4O3S/c21-16-10-13(3-4-17(16)28-15-5-7-22-8-6-15)23-18(26)11-14-12-29-20(24-14)25-9-1-2-19(25)27/h3-8,10,12H,1-2,9,11H2,(H,23,26). The van der Waals surface area contributed by atoms with Crippen molar-refractivity contribution in [2.45, 2.75) is 19.3 Å². The number of amides is 2. The van der Waals surface area contributed by atoms with E-state index in [1.807, 2.05) is 0 Å². The van der Waals surface area contributed by atoms with Crippen molar-refractivity contribution < 1.29 is 14.3 Å². The van der Waals surface area contributed by atoms with Crippen molar-refractivity contribution in [1.82, 2.24) is 9.97 Å². The molecule has 2 aromatic heterocycles. The van der Waals surface area contributed by atoms with Crippen LogP contribution >= 0.6 is 22.9 Å². The minimum absolute atomic E-state index is 0.0825. The molecule has 0 aliphatic carbocycles. The highest BCUT2D eigenvalue weighted by molar-refractivity contribution is 7.14. The molecule has 1 fully saturated rings. The summed E-state index contributed by atoms with van der Waals surface area (Å²) in [5, 5.41) is 5.64. The van der Waals surface area contributed by atoms with Gasteiger partial charge in [-0.3, -0.25) is 19.5 Å². The van der Waals surface area contributed by atoms with E-state index in [-0.39, 0.29) is 18.2 Å². The third-order valence-corrected chi connectivity index (χ3v) is 5.49. The summed E-state index contributed by atoms with van der Waals surface area (Å²) in [7, 11) is 0. The van der Waals surface area contributed by atoms with E-state index < -0.39 is 0 Å². The maximum Gasteiger partial charge on any atom is 0.230 e. The Bertz CT molecular complexity index is 1040. The highest BCUT2D eigenvalue weighted by Gasteiger charge is 2.24. The Morgan fingerprint density at radius 3 is 2.83 bits per heavy atom. The highest BCUT2D eigenvalue weighted by Crippen LogP contribution is 2.31. The van der Waals surface area contributed by atoms with Gasteiger partial charge in [0, 0.05) is 36.4 Å². The second-order valence-corrected chi connectivity index (χ2v) is 7.67. The molecule has 0 spiro atoms. The van der Waals surface area contributed by atoms with Crippen molar-refractivity contribution in [3.05, 3.63) is 58.8 Å². The number of pyridine rings is 1. The second-order valence-electron chi connectivity index (χ2n) is 6.43. The van der Waals surface area contributed by atoms with Gasteiger partial charge in [-0.25, -0.2) is 4.98 Å². The molecule has 1 aromatic carbocycles. The zero-order valence-electron chi connectivity index (χ0n) is 15.3. The number of anilines is 2. The minimum Gasteiger partial charge on any atom is -0.456 e. The summed E-state index contributed by atoms with van der Waals surface area (Å²) in [6.45, 7) is 0.685. The summed E-state index contributed by atoms with van der Waals surface area (Å²) in [5.74, 6) is 0.970. The molecule has 0 unspecified atom stereocenters. The molecule has 3 aromatic rings. The number of hydrogen-bond donors (Lipinski definition) is 1. The van der Waals surface area contributed by atoms with Gasteiger partial charge in [-0.2, -0.15) is 0 Å². The number of nitrogens with one attached hydrogen (secondary N) is 1. The van der Waals surface area contributed by atoms with Crippen molar-refractivity contribution in [3.8, 4) is 11.5 Å². The van der Waals surface area contributed by atoms with Crippen LogP contribution in [0.5, 0.6) is 11.5 Å². The number of hydrogen-bond acceptors (Lipinski definition) is 6. The Hall–Kier alpha value is -2.97. The summed E-state index contributed by atoms with van der Waals surface area (Å²) >= 11 is 7.65. The third-order valence-electron chi connectivity index (χ3n) is 4.28. The number of rotatable bonds is 6. The smallest absolute Gasteiger partial charge is 0.230 e. The SMILES string of the molecule is O=C(Cc1csc(N2CCCC2=O)n1)Nc1ccc(Oc2ccncc2)c(Cl)c1. The highest BCUT2D eigenvalue weighted by atomic mass is 35.5. The molecule has 0 bridgehead atoms.